The average Bonchev–Trinajstić information content (AvgIpc) is 3.36. The maximum atomic E-state index is 12.6. The Morgan fingerprint density at radius 3 is 2.83 bits per heavy atom. The number of carbonyl (C=O) groups is 1. The molecule has 4 rings (SSSR count). The molecule has 0 spiro atoms. The van der Waals surface area contributed by atoms with E-state index in [0.29, 0.717) is 28.8 Å². The maximum Gasteiger partial charge on any atom is 0.265 e. The first kappa shape index (κ1) is 20.7. The van der Waals surface area contributed by atoms with Gasteiger partial charge in [0, 0.05) is 22.5 Å². The highest BCUT2D eigenvalue weighted by molar-refractivity contribution is 9.10. The van der Waals surface area contributed by atoms with Crippen LogP contribution in [0.25, 0.3) is 0 Å². The molecule has 0 unspecified atom stereocenters. The van der Waals surface area contributed by atoms with Crippen LogP contribution in [0, 0.1) is 0 Å². The third-order valence-electron chi connectivity index (χ3n) is 4.21. The van der Waals surface area contributed by atoms with Gasteiger partial charge >= 0.3 is 0 Å². The molecule has 1 N–H and O–H groups in total. The third-order valence-corrected chi connectivity index (χ3v) is 5.83. The van der Waals surface area contributed by atoms with Crippen LogP contribution in [0.3, 0.4) is 0 Å². The number of anilines is 1. The minimum absolute atomic E-state index is 0.145. The summed E-state index contributed by atoms with van der Waals surface area (Å²) in [6.45, 7) is 0.998. The number of hydrogen-bond acceptors (Lipinski definition) is 4. The van der Waals surface area contributed by atoms with Crippen molar-refractivity contribution in [2.24, 2.45) is 0 Å². The summed E-state index contributed by atoms with van der Waals surface area (Å²) in [5.41, 5.74) is 2.72. The van der Waals surface area contributed by atoms with Gasteiger partial charge in [0.15, 0.2) is 0 Å². The number of hydrogen-bond donors (Lipinski definition) is 1. The van der Waals surface area contributed by atoms with Crippen molar-refractivity contribution in [2.45, 2.75) is 13.2 Å². The summed E-state index contributed by atoms with van der Waals surface area (Å²) in [7, 11) is 0. The number of benzene rings is 2. The van der Waals surface area contributed by atoms with E-state index in [4.69, 9.17) is 16.3 Å². The van der Waals surface area contributed by atoms with Crippen LogP contribution in [0.4, 0.5) is 5.69 Å². The quantitative estimate of drug-likeness (QED) is 0.325. The third kappa shape index (κ3) is 5.50. The number of nitrogens with zero attached hydrogens (tertiary/aromatic N) is 2. The maximum absolute atomic E-state index is 12.6. The van der Waals surface area contributed by atoms with Crippen molar-refractivity contribution in [3.05, 3.63) is 97.9 Å². The molecule has 0 saturated heterocycles. The number of aromatic nitrogens is 2. The van der Waals surface area contributed by atoms with E-state index in [-0.39, 0.29) is 5.91 Å². The molecule has 0 aliphatic carbocycles. The van der Waals surface area contributed by atoms with E-state index in [2.05, 4.69) is 26.3 Å². The van der Waals surface area contributed by atoms with Gasteiger partial charge in [-0.1, -0.05) is 29.8 Å². The minimum atomic E-state index is -0.145. The van der Waals surface area contributed by atoms with Gasteiger partial charge in [0.2, 0.25) is 0 Å². The molecule has 2 heterocycles. The Hall–Kier alpha value is -2.61. The molecule has 2 aromatic carbocycles. The monoisotopic (exact) mass is 501 g/mol. The number of halogens is 2. The SMILES string of the molecule is O=C(Nc1cccc(Cn2cc(Br)cn2)c1)c1cc(COc2cccc(Cl)c2)cs1. The summed E-state index contributed by atoms with van der Waals surface area (Å²) < 4.78 is 8.50. The van der Waals surface area contributed by atoms with E-state index >= 15 is 0 Å². The van der Waals surface area contributed by atoms with Crippen molar-refractivity contribution in [1.29, 1.82) is 0 Å². The largest absolute Gasteiger partial charge is 0.489 e. The number of carbonyl (C=O) groups excluding carboxylic acids is 1. The normalized spacial score (nSPS) is 10.7. The van der Waals surface area contributed by atoms with Gasteiger partial charge in [-0.2, -0.15) is 5.10 Å². The minimum Gasteiger partial charge on any atom is -0.489 e. The predicted octanol–water partition coefficient (Wildman–Crippen LogP) is 6.24. The van der Waals surface area contributed by atoms with Gasteiger partial charge in [0.05, 0.1) is 22.1 Å². The summed E-state index contributed by atoms with van der Waals surface area (Å²) in [5, 5.41) is 9.77. The highest BCUT2D eigenvalue weighted by atomic mass is 79.9. The van der Waals surface area contributed by atoms with E-state index in [9.17, 15) is 4.79 Å². The van der Waals surface area contributed by atoms with E-state index in [1.807, 2.05) is 58.7 Å². The first-order valence-corrected chi connectivity index (χ1v) is 11.1. The Balaban J connectivity index is 1.36. The van der Waals surface area contributed by atoms with E-state index in [0.717, 1.165) is 21.3 Å². The van der Waals surface area contributed by atoms with Gasteiger partial charge in [-0.05, 0) is 63.3 Å². The lowest BCUT2D eigenvalue weighted by Gasteiger charge is -2.07. The van der Waals surface area contributed by atoms with Crippen LogP contribution >= 0.6 is 38.9 Å². The standard InChI is InChI=1S/C22H17BrClN3O2S/c23-17-10-25-27(12-17)11-15-3-1-5-19(7-15)26-22(28)21-8-16(14-30-21)13-29-20-6-2-4-18(24)9-20/h1-10,12,14H,11,13H2,(H,26,28). The zero-order valence-corrected chi connectivity index (χ0v) is 18.9. The zero-order valence-electron chi connectivity index (χ0n) is 15.7. The zero-order chi connectivity index (χ0) is 20.9. The second-order valence-electron chi connectivity index (χ2n) is 6.58. The van der Waals surface area contributed by atoms with Crippen molar-refractivity contribution in [3.63, 3.8) is 0 Å². The van der Waals surface area contributed by atoms with E-state index in [1.165, 1.54) is 11.3 Å². The molecule has 0 fully saturated rings. The van der Waals surface area contributed by atoms with Crippen LogP contribution in [0.1, 0.15) is 20.8 Å². The fourth-order valence-electron chi connectivity index (χ4n) is 2.85. The van der Waals surface area contributed by atoms with Crippen LogP contribution in [-0.2, 0) is 13.2 Å². The lowest BCUT2D eigenvalue weighted by Crippen LogP contribution is -2.10. The van der Waals surface area contributed by atoms with Crippen LogP contribution < -0.4 is 10.1 Å². The molecule has 8 heteroatoms. The molecule has 4 aromatic rings. The Bertz CT molecular complexity index is 1170. The predicted molar refractivity (Wildman–Crippen MR) is 124 cm³/mol. The molecule has 0 atom stereocenters. The molecule has 5 nitrogen and oxygen atoms in total. The molecule has 0 bridgehead atoms. The van der Waals surface area contributed by atoms with Gasteiger partial charge in [-0.15, -0.1) is 11.3 Å². The van der Waals surface area contributed by atoms with Crippen molar-refractivity contribution in [3.8, 4) is 5.75 Å². The lowest BCUT2D eigenvalue weighted by molar-refractivity contribution is 0.103. The Morgan fingerprint density at radius 2 is 2.03 bits per heavy atom. The molecular weight excluding hydrogens is 486 g/mol. The summed E-state index contributed by atoms with van der Waals surface area (Å²) >= 11 is 10.8. The molecule has 0 saturated carbocycles. The molecular formula is C22H17BrClN3O2S. The summed E-state index contributed by atoms with van der Waals surface area (Å²) in [6, 6.07) is 16.8. The number of thiophene rings is 1. The fourth-order valence-corrected chi connectivity index (χ4v) is 4.15. The molecule has 0 aliphatic rings. The second kappa shape index (κ2) is 9.47. The summed E-state index contributed by atoms with van der Waals surface area (Å²) in [5.74, 6) is 0.550. The van der Waals surface area contributed by atoms with Crippen LogP contribution in [-0.4, -0.2) is 15.7 Å². The Kier molecular flexibility index (Phi) is 6.52. The number of ether oxygens (including phenoxy) is 1. The smallest absolute Gasteiger partial charge is 0.265 e. The van der Waals surface area contributed by atoms with Gasteiger partial charge in [-0.25, -0.2) is 0 Å². The Labute approximate surface area is 191 Å². The molecule has 152 valence electrons. The highest BCUT2D eigenvalue weighted by Gasteiger charge is 2.11. The summed E-state index contributed by atoms with van der Waals surface area (Å²) in [6.07, 6.45) is 3.65. The summed E-state index contributed by atoms with van der Waals surface area (Å²) in [4.78, 5) is 13.3. The van der Waals surface area contributed by atoms with Crippen molar-refractivity contribution >= 4 is 50.5 Å². The van der Waals surface area contributed by atoms with Gasteiger partial charge in [0.1, 0.15) is 12.4 Å². The van der Waals surface area contributed by atoms with Crippen LogP contribution in [0.5, 0.6) is 5.75 Å². The van der Waals surface area contributed by atoms with Crippen LogP contribution in [0.15, 0.2) is 76.8 Å². The van der Waals surface area contributed by atoms with E-state index < -0.39 is 0 Å². The first-order valence-electron chi connectivity index (χ1n) is 9.09. The van der Waals surface area contributed by atoms with Crippen molar-refractivity contribution in [2.75, 3.05) is 5.32 Å². The average molecular weight is 503 g/mol. The van der Waals surface area contributed by atoms with Gasteiger partial charge in [0.25, 0.3) is 5.91 Å². The molecule has 2 aromatic heterocycles. The molecule has 1 amide bonds. The van der Waals surface area contributed by atoms with Gasteiger partial charge in [-0.3, -0.25) is 9.48 Å². The molecule has 0 radical (unpaired) electrons. The van der Waals surface area contributed by atoms with Crippen LogP contribution in [0.2, 0.25) is 5.02 Å². The topological polar surface area (TPSA) is 56.2 Å². The van der Waals surface area contributed by atoms with Crippen molar-refractivity contribution in [1.82, 2.24) is 9.78 Å². The number of nitrogens with one attached hydrogen (secondary N) is 1. The molecule has 0 aliphatic heterocycles. The number of rotatable bonds is 7. The molecule has 30 heavy (non-hydrogen) atoms. The lowest BCUT2D eigenvalue weighted by atomic mass is 10.2. The van der Waals surface area contributed by atoms with E-state index in [1.54, 1.807) is 18.3 Å². The fraction of sp³-hybridized carbons (Fsp3) is 0.0909. The second-order valence-corrected chi connectivity index (χ2v) is 8.84. The van der Waals surface area contributed by atoms with Gasteiger partial charge < -0.3 is 10.1 Å². The first-order chi connectivity index (χ1) is 14.5. The number of amides is 1. The Morgan fingerprint density at radius 1 is 1.17 bits per heavy atom. The highest BCUT2D eigenvalue weighted by Crippen LogP contribution is 2.22. The van der Waals surface area contributed by atoms with Crippen molar-refractivity contribution < 1.29 is 9.53 Å².